The number of carbonyl (C=O) groups excluding carboxylic acids is 2. The predicted molar refractivity (Wildman–Crippen MR) is 176 cm³/mol. The Balaban J connectivity index is 1.39. The van der Waals surface area contributed by atoms with Gasteiger partial charge < -0.3 is 25.0 Å². The number of pyridine rings is 1. The number of nitriles is 1. The molecule has 46 heavy (non-hydrogen) atoms. The fourth-order valence-corrected chi connectivity index (χ4v) is 5.12. The van der Waals surface area contributed by atoms with Gasteiger partial charge >= 0.3 is 6.09 Å². The van der Waals surface area contributed by atoms with Crippen molar-refractivity contribution >= 4 is 34.4 Å². The summed E-state index contributed by atoms with van der Waals surface area (Å²) in [4.78, 5) is 40.9. The molecule has 2 amide bonds. The minimum atomic E-state index is -1.19. The van der Waals surface area contributed by atoms with Crippen molar-refractivity contribution in [2.45, 2.75) is 66.0 Å². The molecule has 1 saturated heterocycles. The van der Waals surface area contributed by atoms with Gasteiger partial charge in [0.05, 0.1) is 17.3 Å². The van der Waals surface area contributed by atoms with Crippen molar-refractivity contribution in [1.29, 1.82) is 5.26 Å². The summed E-state index contributed by atoms with van der Waals surface area (Å²) < 4.78 is 12.1. The number of piperidine rings is 1. The molecule has 2 aromatic carbocycles. The fraction of sp³-hybridized carbons (Fsp3) is 0.371. The Morgan fingerprint density at radius 1 is 1.00 bits per heavy atom. The third-order valence-corrected chi connectivity index (χ3v) is 7.61. The molecular weight excluding hydrogens is 582 g/mol. The standard InChI is InChI=1S/C35H39N7O4/c1-22-14-15-24-25(11-7-13-27(24)40-31(43)35(5,6)21-36)29(22)45-30-26(12-8-17-37-30)28-16-18-38-32(41-28)39-23-10-9-19-42(20-23)33(44)46-34(2,3)4/h7-8,11-18,23H,9-10,19-20H2,1-6H3,(H,40,43)(H,38,39,41)/t23-/m0/s1. The smallest absolute Gasteiger partial charge is 0.410 e. The Morgan fingerprint density at radius 3 is 2.57 bits per heavy atom. The molecule has 2 aromatic heterocycles. The van der Waals surface area contributed by atoms with Gasteiger partial charge in [-0.2, -0.15) is 5.26 Å². The third-order valence-electron chi connectivity index (χ3n) is 7.61. The molecule has 4 aromatic rings. The van der Waals surface area contributed by atoms with E-state index in [9.17, 15) is 14.9 Å². The molecule has 0 spiro atoms. The van der Waals surface area contributed by atoms with Crippen LogP contribution in [0.2, 0.25) is 0 Å². The monoisotopic (exact) mass is 621 g/mol. The summed E-state index contributed by atoms with van der Waals surface area (Å²) in [7, 11) is 0. The highest BCUT2D eigenvalue weighted by molar-refractivity contribution is 6.06. The summed E-state index contributed by atoms with van der Waals surface area (Å²) >= 11 is 0. The Hall–Kier alpha value is -5.24. The molecule has 238 valence electrons. The number of benzene rings is 2. The van der Waals surface area contributed by atoms with Crippen LogP contribution < -0.4 is 15.4 Å². The molecule has 11 heteroatoms. The molecule has 0 saturated carbocycles. The van der Waals surface area contributed by atoms with E-state index in [1.165, 1.54) is 0 Å². The van der Waals surface area contributed by atoms with Crippen LogP contribution in [-0.4, -0.2) is 56.6 Å². The van der Waals surface area contributed by atoms with Gasteiger partial charge in [-0.25, -0.2) is 19.7 Å². The highest BCUT2D eigenvalue weighted by Crippen LogP contribution is 2.39. The lowest BCUT2D eigenvalue weighted by molar-refractivity contribution is -0.121. The van der Waals surface area contributed by atoms with Crippen molar-refractivity contribution < 1.29 is 19.1 Å². The van der Waals surface area contributed by atoms with Crippen LogP contribution in [0, 0.1) is 23.7 Å². The lowest BCUT2D eigenvalue weighted by Gasteiger charge is -2.34. The normalized spacial score (nSPS) is 15.2. The minimum Gasteiger partial charge on any atom is -0.444 e. The molecule has 3 heterocycles. The summed E-state index contributed by atoms with van der Waals surface area (Å²) in [6, 6.07) is 16.9. The molecule has 0 aliphatic carbocycles. The Morgan fingerprint density at radius 2 is 1.80 bits per heavy atom. The van der Waals surface area contributed by atoms with E-state index < -0.39 is 16.9 Å². The Kier molecular flexibility index (Phi) is 9.10. The second-order valence-corrected chi connectivity index (χ2v) is 12.9. The van der Waals surface area contributed by atoms with E-state index in [4.69, 9.17) is 14.5 Å². The van der Waals surface area contributed by atoms with Gasteiger partial charge in [0.1, 0.15) is 16.8 Å². The average Bonchev–Trinajstić information content (AvgIpc) is 3.02. The number of likely N-dealkylation sites (tertiary alicyclic amines) is 1. The highest BCUT2D eigenvalue weighted by atomic mass is 16.6. The van der Waals surface area contributed by atoms with E-state index in [0.717, 1.165) is 29.2 Å². The number of amides is 2. The molecule has 11 nitrogen and oxygen atoms in total. The Labute approximate surface area is 269 Å². The number of hydrogen-bond acceptors (Lipinski definition) is 9. The molecule has 1 aliphatic rings. The quantitative estimate of drug-likeness (QED) is 0.221. The number of nitrogens with zero attached hydrogens (tertiary/aromatic N) is 5. The van der Waals surface area contributed by atoms with E-state index in [1.807, 2.05) is 70.2 Å². The summed E-state index contributed by atoms with van der Waals surface area (Å²) in [5, 5.41) is 17.2. The fourth-order valence-electron chi connectivity index (χ4n) is 5.12. The SMILES string of the molecule is Cc1ccc2c(NC(=O)C(C)(C)C#N)cccc2c1Oc1ncccc1-c1ccnc(N[C@H]2CCCN(C(=O)OC(C)(C)C)C2)n1. The average molecular weight is 622 g/mol. The number of hydrogen-bond donors (Lipinski definition) is 2. The number of ether oxygens (including phenoxy) is 2. The maximum Gasteiger partial charge on any atom is 0.410 e. The molecule has 5 rings (SSSR count). The molecule has 0 radical (unpaired) electrons. The molecule has 0 unspecified atom stereocenters. The zero-order valence-corrected chi connectivity index (χ0v) is 27.0. The third kappa shape index (κ3) is 7.34. The first-order valence-electron chi connectivity index (χ1n) is 15.3. The Bertz CT molecular complexity index is 1810. The van der Waals surface area contributed by atoms with Gasteiger partial charge in [-0.05, 0) is 84.2 Å². The number of nitrogens with one attached hydrogen (secondary N) is 2. The van der Waals surface area contributed by atoms with Crippen molar-refractivity contribution in [3.63, 3.8) is 0 Å². The molecule has 1 aliphatic heterocycles. The first-order chi connectivity index (χ1) is 21.8. The second kappa shape index (κ2) is 13.0. The van der Waals surface area contributed by atoms with E-state index in [0.29, 0.717) is 47.6 Å². The minimum absolute atomic E-state index is 0.0344. The maximum absolute atomic E-state index is 12.8. The number of aromatic nitrogens is 3. The van der Waals surface area contributed by atoms with Gasteiger partial charge in [0.25, 0.3) is 0 Å². The van der Waals surface area contributed by atoms with Crippen LogP contribution in [0.1, 0.15) is 53.0 Å². The topological polar surface area (TPSA) is 142 Å². The van der Waals surface area contributed by atoms with Crippen molar-refractivity contribution in [2.75, 3.05) is 23.7 Å². The molecule has 1 fully saturated rings. The van der Waals surface area contributed by atoms with Gasteiger partial charge in [0.2, 0.25) is 17.7 Å². The van der Waals surface area contributed by atoms with E-state index in [-0.39, 0.29) is 12.1 Å². The van der Waals surface area contributed by atoms with Crippen LogP contribution >= 0.6 is 0 Å². The summed E-state index contributed by atoms with van der Waals surface area (Å²) in [6.45, 7) is 11.8. The number of carbonyl (C=O) groups is 2. The van der Waals surface area contributed by atoms with Gasteiger partial charge in [0.15, 0.2) is 0 Å². The van der Waals surface area contributed by atoms with Crippen molar-refractivity contribution in [1.82, 2.24) is 19.9 Å². The van der Waals surface area contributed by atoms with Crippen LogP contribution in [-0.2, 0) is 9.53 Å². The molecule has 0 bridgehead atoms. The molecule has 2 N–H and O–H groups in total. The van der Waals surface area contributed by atoms with Crippen molar-refractivity contribution in [3.8, 4) is 29.0 Å². The largest absolute Gasteiger partial charge is 0.444 e. The van der Waals surface area contributed by atoms with E-state index in [1.54, 1.807) is 43.3 Å². The zero-order valence-electron chi connectivity index (χ0n) is 27.0. The number of aryl methyl sites for hydroxylation is 1. The van der Waals surface area contributed by atoms with Crippen molar-refractivity contribution in [2.24, 2.45) is 5.41 Å². The number of fused-ring (bicyclic) bond motifs is 1. The van der Waals surface area contributed by atoms with E-state index in [2.05, 4.69) is 20.6 Å². The zero-order chi connectivity index (χ0) is 33.1. The highest BCUT2D eigenvalue weighted by Gasteiger charge is 2.29. The second-order valence-electron chi connectivity index (χ2n) is 12.9. The van der Waals surface area contributed by atoms with Gasteiger partial charge in [0, 0.05) is 48.0 Å². The summed E-state index contributed by atoms with van der Waals surface area (Å²) in [5.74, 6) is 0.989. The van der Waals surface area contributed by atoms with Crippen LogP contribution in [0.5, 0.6) is 11.6 Å². The predicted octanol–water partition coefficient (Wildman–Crippen LogP) is 7.09. The van der Waals surface area contributed by atoms with Gasteiger partial charge in [-0.15, -0.1) is 0 Å². The van der Waals surface area contributed by atoms with Crippen LogP contribution in [0.3, 0.4) is 0 Å². The first kappa shape index (κ1) is 32.2. The van der Waals surface area contributed by atoms with E-state index >= 15 is 0 Å². The molecular formula is C35H39N7O4. The van der Waals surface area contributed by atoms with Gasteiger partial charge in [-0.1, -0.05) is 24.3 Å². The first-order valence-corrected chi connectivity index (χ1v) is 15.3. The lowest BCUT2D eigenvalue weighted by atomic mass is 9.94. The summed E-state index contributed by atoms with van der Waals surface area (Å²) in [6.07, 6.45) is 4.71. The van der Waals surface area contributed by atoms with Crippen LogP contribution in [0.15, 0.2) is 60.9 Å². The van der Waals surface area contributed by atoms with Crippen molar-refractivity contribution in [3.05, 3.63) is 66.5 Å². The van der Waals surface area contributed by atoms with Crippen LogP contribution in [0.4, 0.5) is 16.4 Å². The molecule has 1 atom stereocenters. The number of rotatable bonds is 7. The number of anilines is 2. The van der Waals surface area contributed by atoms with Gasteiger partial charge in [-0.3, -0.25) is 4.79 Å². The maximum atomic E-state index is 12.8. The lowest BCUT2D eigenvalue weighted by Crippen LogP contribution is -2.47. The summed E-state index contributed by atoms with van der Waals surface area (Å²) in [5.41, 5.74) is 0.998. The van der Waals surface area contributed by atoms with Crippen LogP contribution in [0.25, 0.3) is 22.0 Å².